The minimum absolute atomic E-state index is 0.112. The number of aryl methyl sites for hydroxylation is 3. The second kappa shape index (κ2) is 12.3. The summed E-state index contributed by atoms with van der Waals surface area (Å²) in [7, 11) is 0. The molecule has 2 aliphatic heterocycles. The molecule has 0 bridgehead atoms. The number of imidazole rings is 1. The molecule has 0 aliphatic carbocycles. The lowest BCUT2D eigenvalue weighted by molar-refractivity contribution is -0.177. The number of alkyl halides is 3. The molecule has 1 aromatic heterocycles. The highest BCUT2D eigenvalue weighted by Crippen LogP contribution is 2.39. The third-order valence-electron chi connectivity index (χ3n) is 9.39. The van der Waals surface area contributed by atoms with E-state index >= 15 is 0 Å². The molecule has 3 aromatic carbocycles. The molecule has 3 atom stereocenters. The standard InChI is InChI=1S/C35H38F3N5O2/c1-21-8-4-5-9-26(21)33(45)43-17-6-10-27(32(44)41-34-39-28-18-22(2)23(3)19-29(28)40-34)31(43)25-14-12-24(13-15-25)20-42-16-7-11-30(42)35(36,37)38/h4-5,8-9,12-15,18-19,27,30-31H,6-7,10-11,16-17,20H2,1-3H3,(H2,39,40,41,44)/t27-,30+,31-/m0/s1. The minimum Gasteiger partial charge on any atom is -0.331 e. The molecule has 45 heavy (non-hydrogen) atoms. The summed E-state index contributed by atoms with van der Waals surface area (Å²) in [5.41, 5.74) is 6.76. The highest BCUT2D eigenvalue weighted by molar-refractivity contribution is 5.98. The number of aromatic nitrogens is 2. The topological polar surface area (TPSA) is 81.3 Å². The summed E-state index contributed by atoms with van der Waals surface area (Å²) in [6.07, 6.45) is -2.42. The summed E-state index contributed by atoms with van der Waals surface area (Å²) >= 11 is 0. The van der Waals surface area contributed by atoms with Crippen molar-refractivity contribution in [1.29, 1.82) is 0 Å². The lowest BCUT2D eigenvalue weighted by atomic mass is 9.83. The quantitative estimate of drug-likeness (QED) is 0.239. The average molecular weight is 618 g/mol. The van der Waals surface area contributed by atoms with Crippen molar-refractivity contribution in [1.82, 2.24) is 19.8 Å². The number of likely N-dealkylation sites (tertiary alicyclic amines) is 2. The van der Waals surface area contributed by atoms with Gasteiger partial charge in [0.15, 0.2) is 0 Å². The Bertz CT molecular complexity index is 1680. The molecule has 0 unspecified atom stereocenters. The van der Waals surface area contributed by atoms with Crippen molar-refractivity contribution in [3.8, 4) is 0 Å². The van der Waals surface area contributed by atoms with Crippen molar-refractivity contribution in [2.24, 2.45) is 5.92 Å². The summed E-state index contributed by atoms with van der Waals surface area (Å²) in [6.45, 7) is 6.99. The number of hydrogen-bond acceptors (Lipinski definition) is 4. The normalized spacial score (nSPS) is 20.9. The van der Waals surface area contributed by atoms with Gasteiger partial charge in [0.2, 0.25) is 11.9 Å². The van der Waals surface area contributed by atoms with Gasteiger partial charge in [0.25, 0.3) is 5.91 Å². The molecule has 2 aliphatic rings. The number of halogens is 3. The second-order valence-corrected chi connectivity index (χ2v) is 12.4. The van der Waals surface area contributed by atoms with E-state index in [4.69, 9.17) is 0 Å². The molecule has 236 valence electrons. The van der Waals surface area contributed by atoms with Gasteiger partial charge in [-0.05, 0) is 99.0 Å². The van der Waals surface area contributed by atoms with Crippen LogP contribution in [-0.4, -0.2) is 56.9 Å². The van der Waals surface area contributed by atoms with Crippen molar-refractivity contribution < 1.29 is 22.8 Å². The van der Waals surface area contributed by atoms with Crippen LogP contribution < -0.4 is 5.32 Å². The third kappa shape index (κ3) is 6.33. The van der Waals surface area contributed by atoms with Gasteiger partial charge in [-0.3, -0.25) is 19.8 Å². The minimum atomic E-state index is -4.26. The van der Waals surface area contributed by atoms with Crippen molar-refractivity contribution in [3.63, 3.8) is 0 Å². The predicted molar refractivity (Wildman–Crippen MR) is 168 cm³/mol. The molecule has 4 aromatic rings. The average Bonchev–Trinajstić information content (AvgIpc) is 3.64. The van der Waals surface area contributed by atoms with Crippen LogP contribution in [0.25, 0.3) is 11.0 Å². The number of carbonyl (C=O) groups excluding carboxylic acids is 2. The smallest absolute Gasteiger partial charge is 0.331 e. The van der Waals surface area contributed by atoms with Gasteiger partial charge in [-0.15, -0.1) is 0 Å². The van der Waals surface area contributed by atoms with Crippen molar-refractivity contribution in [3.05, 3.63) is 94.0 Å². The van der Waals surface area contributed by atoms with Crippen LogP contribution in [0.4, 0.5) is 19.1 Å². The highest BCUT2D eigenvalue weighted by Gasteiger charge is 2.46. The van der Waals surface area contributed by atoms with E-state index in [1.165, 1.54) is 4.90 Å². The van der Waals surface area contributed by atoms with E-state index < -0.39 is 24.2 Å². The van der Waals surface area contributed by atoms with Gasteiger partial charge < -0.3 is 9.88 Å². The molecule has 6 rings (SSSR count). The molecule has 0 radical (unpaired) electrons. The zero-order chi connectivity index (χ0) is 31.9. The molecule has 2 N–H and O–H groups in total. The van der Waals surface area contributed by atoms with Gasteiger partial charge >= 0.3 is 6.18 Å². The van der Waals surface area contributed by atoms with Crippen LogP contribution in [0.15, 0.2) is 60.7 Å². The van der Waals surface area contributed by atoms with Crippen LogP contribution in [0, 0.1) is 26.7 Å². The molecular formula is C35H38F3N5O2. The zero-order valence-corrected chi connectivity index (χ0v) is 25.7. The monoisotopic (exact) mass is 617 g/mol. The Hall–Kier alpha value is -4.18. The summed E-state index contributed by atoms with van der Waals surface area (Å²) in [6, 6.07) is 16.7. The van der Waals surface area contributed by atoms with Crippen LogP contribution in [0.1, 0.15) is 69.9 Å². The maximum absolute atomic E-state index is 14.0. The number of rotatable bonds is 6. The van der Waals surface area contributed by atoms with Gasteiger partial charge in [-0.2, -0.15) is 13.2 Å². The fourth-order valence-electron chi connectivity index (χ4n) is 6.86. The van der Waals surface area contributed by atoms with Gasteiger partial charge in [0.1, 0.15) is 6.04 Å². The number of nitrogens with one attached hydrogen (secondary N) is 2. The van der Waals surface area contributed by atoms with Crippen molar-refractivity contribution >= 4 is 28.8 Å². The third-order valence-corrected chi connectivity index (χ3v) is 9.39. The number of H-pyrrole nitrogens is 1. The number of hydrogen-bond donors (Lipinski definition) is 2. The van der Waals surface area contributed by atoms with E-state index in [9.17, 15) is 22.8 Å². The van der Waals surface area contributed by atoms with Crippen molar-refractivity contribution in [2.75, 3.05) is 18.4 Å². The molecule has 7 nitrogen and oxygen atoms in total. The predicted octanol–water partition coefficient (Wildman–Crippen LogP) is 7.25. The number of nitrogens with zero attached hydrogens (tertiary/aromatic N) is 3. The maximum atomic E-state index is 14.0. The Morgan fingerprint density at radius 3 is 2.38 bits per heavy atom. The Kier molecular flexibility index (Phi) is 8.43. The number of piperidine rings is 1. The van der Waals surface area contributed by atoms with Crippen molar-refractivity contribution in [2.45, 2.75) is 71.3 Å². The van der Waals surface area contributed by atoms with E-state index in [-0.39, 0.29) is 24.8 Å². The first kappa shape index (κ1) is 30.8. The number of fused-ring (bicyclic) bond motifs is 1. The Morgan fingerprint density at radius 2 is 1.64 bits per heavy atom. The van der Waals surface area contributed by atoms with Crippen LogP contribution in [0.5, 0.6) is 0 Å². The number of carbonyl (C=O) groups is 2. The first-order valence-corrected chi connectivity index (χ1v) is 15.5. The van der Waals surface area contributed by atoms with E-state index in [0.29, 0.717) is 43.9 Å². The van der Waals surface area contributed by atoms with Crippen LogP contribution in [0.3, 0.4) is 0 Å². The Morgan fingerprint density at radius 1 is 0.933 bits per heavy atom. The first-order chi connectivity index (χ1) is 21.5. The largest absolute Gasteiger partial charge is 0.404 e. The second-order valence-electron chi connectivity index (χ2n) is 12.4. The van der Waals surface area contributed by atoms with E-state index in [1.54, 1.807) is 11.0 Å². The molecule has 2 amide bonds. The molecule has 0 saturated carbocycles. The van der Waals surface area contributed by atoms with Crippen LogP contribution in [0.2, 0.25) is 0 Å². The van der Waals surface area contributed by atoms with Crippen LogP contribution in [-0.2, 0) is 11.3 Å². The fraction of sp³-hybridized carbons (Fsp3) is 0.400. The summed E-state index contributed by atoms with van der Waals surface area (Å²) in [5.74, 6) is -0.618. The van der Waals surface area contributed by atoms with Gasteiger partial charge in [-0.25, -0.2) is 4.98 Å². The number of aromatic amines is 1. The highest BCUT2D eigenvalue weighted by atomic mass is 19.4. The SMILES string of the molecule is Cc1cc2nc(NC(=O)[C@H]3CCCN(C(=O)c4ccccc4C)[C@H]3c3ccc(CN4CCC[C@@H]4C(F)(F)F)cc3)[nH]c2cc1C. The van der Waals surface area contributed by atoms with E-state index in [2.05, 4.69) is 15.3 Å². The lowest BCUT2D eigenvalue weighted by Crippen LogP contribution is -2.46. The van der Waals surface area contributed by atoms with Gasteiger partial charge in [0.05, 0.1) is 23.0 Å². The van der Waals surface area contributed by atoms with Crippen LogP contribution >= 0.6 is 0 Å². The molecule has 10 heteroatoms. The number of amides is 2. The zero-order valence-electron chi connectivity index (χ0n) is 25.7. The molecule has 0 spiro atoms. The lowest BCUT2D eigenvalue weighted by Gasteiger charge is -2.41. The molecule has 2 fully saturated rings. The van der Waals surface area contributed by atoms with E-state index in [1.807, 2.05) is 75.4 Å². The van der Waals surface area contributed by atoms with Gasteiger partial charge in [-0.1, -0.05) is 42.5 Å². The fourth-order valence-corrected chi connectivity index (χ4v) is 6.86. The first-order valence-electron chi connectivity index (χ1n) is 15.5. The molecular weight excluding hydrogens is 579 g/mol. The Labute approximate surface area is 260 Å². The van der Waals surface area contributed by atoms with Gasteiger partial charge in [0, 0.05) is 18.7 Å². The summed E-state index contributed by atoms with van der Waals surface area (Å²) in [4.78, 5) is 39.0. The summed E-state index contributed by atoms with van der Waals surface area (Å²) in [5, 5.41) is 2.97. The maximum Gasteiger partial charge on any atom is 0.404 e. The number of anilines is 1. The van der Waals surface area contributed by atoms with E-state index in [0.717, 1.165) is 38.9 Å². The molecule has 3 heterocycles. The number of benzene rings is 3. The summed E-state index contributed by atoms with van der Waals surface area (Å²) < 4.78 is 40.7. The Balaban J connectivity index is 1.30. The molecule has 2 saturated heterocycles.